The van der Waals surface area contributed by atoms with E-state index in [1.165, 1.54) is 0 Å². The number of hydrogen-bond acceptors (Lipinski definition) is 7. The van der Waals surface area contributed by atoms with Gasteiger partial charge in [0.15, 0.2) is 22.5 Å². The van der Waals surface area contributed by atoms with Crippen molar-refractivity contribution in [1.82, 2.24) is 14.8 Å². The second kappa shape index (κ2) is 8.67. The standard InChI is InChI=1S/C20H20BrN3O3S2/c21-15-10-17-16(26-6-7-27-17)9-13(15)12-29-20-23-22-19(18-4-2-8-28-18)24(20)11-14-3-1-5-25-14/h2,4,8-10,14H,1,3,5-7,11-12H2. The molecule has 152 valence electrons. The minimum absolute atomic E-state index is 0.227. The van der Waals surface area contributed by atoms with Crippen LogP contribution in [0.25, 0.3) is 10.7 Å². The highest BCUT2D eigenvalue weighted by Crippen LogP contribution is 2.38. The minimum atomic E-state index is 0.227. The molecule has 0 saturated carbocycles. The SMILES string of the molecule is Brc1cc2c(cc1CSc1nnc(-c3cccs3)n1CC1CCCO1)OCCO2. The predicted molar refractivity (Wildman–Crippen MR) is 117 cm³/mol. The van der Waals surface area contributed by atoms with E-state index in [9.17, 15) is 0 Å². The van der Waals surface area contributed by atoms with Gasteiger partial charge in [0.25, 0.3) is 0 Å². The molecule has 1 atom stereocenters. The first-order valence-electron chi connectivity index (χ1n) is 9.57. The normalized spacial score (nSPS) is 18.3. The maximum atomic E-state index is 5.88. The van der Waals surface area contributed by atoms with Crippen LogP contribution in [0.5, 0.6) is 11.5 Å². The zero-order valence-electron chi connectivity index (χ0n) is 15.7. The van der Waals surface area contributed by atoms with Crippen LogP contribution in [0.1, 0.15) is 18.4 Å². The molecule has 0 radical (unpaired) electrons. The number of hydrogen-bond donors (Lipinski definition) is 0. The molecule has 3 aromatic rings. The number of fused-ring (bicyclic) bond motifs is 1. The van der Waals surface area contributed by atoms with Gasteiger partial charge < -0.3 is 14.2 Å². The smallest absolute Gasteiger partial charge is 0.191 e. The quantitative estimate of drug-likeness (QED) is 0.449. The van der Waals surface area contributed by atoms with Gasteiger partial charge in [-0.15, -0.1) is 21.5 Å². The van der Waals surface area contributed by atoms with Crippen molar-refractivity contribution < 1.29 is 14.2 Å². The topological polar surface area (TPSA) is 58.4 Å². The lowest BCUT2D eigenvalue weighted by Gasteiger charge is -2.20. The lowest BCUT2D eigenvalue weighted by molar-refractivity contribution is 0.0953. The predicted octanol–water partition coefficient (Wildman–Crippen LogP) is 5.01. The summed E-state index contributed by atoms with van der Waals surface area (Å²) in [4.78, 5) is 1.13. The lowest BCUT2D eigenvalue weighted by Crippen LogP contribution is -2.16. The summed E-state index contributed by atoms with van der Waals surface area (Å²) < 4.78 is 20.5. The second-order valence-electron chi connectivity index (χ2n) is 6.91. The summed E-state index contributed by atoms with van der Waals surface area (Å²) in [6.45, 7) is 2.80. The Labute approximate surface area is 185 Å². The number of rotatable bonds is 6. The van der Waals surface area contributed by atoms with Gasteiger partial charge >= 0.3 is 0 Å². The number of thiophene rings is 1. The van der Waals surface area contributed by atoms with E-state index < -0.39 is 0 Å². The Kier molecular flexibility index (Phi) is 5.81. The van der Waals surface area contributed by atoms with Gasteiger partial charge in [0.2, 0.25) is 0 Å². The summed E-state index contributed by atoms with van der Waals surface area (Å²) >= 11 is 7.03. The van der Waals surface area contributed by atoms with E-state index in [1.54, 1.807) is 23.1 Å². The van der Waals surface area contributed by atoms with Crippen molar-refractivity contribution in [3.8, 4) is 22.2 Å². The van der Waals surface area contributed by atoms with Crippen molar-refractivity contribution in [2.24, 2.45) is 0 Å². The fourth-order valence-electron chi connectivity index (χ4n) is 3.50. The number of thioether (sulfide) groups is 1. The molecule has 6 nitrogen and oxygen atoms in total. The summed E-state index contributed by atoms with van der Waals surface area (Å²) in [6.07, 6.45) is 2.43. The molecule has 9 heteroatoms. The summed E-state index contributed by atoms with van der Waals surface area (Å²) in [6, 6.07) is 8.17. The van der Waals surface area contributed by atoms with Crippen LogP contribution in [0.15, 0.2) is 39.3 Å². The third-order valence-corrected chi connectivity index (χ3v) is 7.56. The molecule has 1 fully saturated rings. The van der Waals surface area contributed by atoms with Crippen LogP contribution in [0.4, 0.5) is 0 Å². The molecule has 1 saturated heterocycles. The first-order valence-corrected chi connectivity index (χ1v) is 12.2. The molecule has 0 amide bonds. The van der Waals surface area contributed by atoms with Crippen LogP contribution in [-0.4, -0.2) is 40.7 Å². The van der Waals surface area contributed by atoms with Crippen LogP contribution in [0.3, 0.4) is 0 Å². The third-order valence-electron chi connectivity index (χ3n) is 4.94. The average Bonchev–Trinajstić information content (AvgIpc) is 3.49. The molecule has 0 N–H and O–H groups in total. The highest BCUT2D eigenvalue weighted by Gasteiger charge is 2.23. The molecule has 0 spiro atoms. The van der Waals surface area contributed by atoms with E-state index >= 15 is 0 Å². The molecule has 4 heterocycles. The largest absolute Gasteiger partial charge is 0.486 e. The van der Waals surface area contributed by atoms with Crippen LogP contribution >= 0.6 is 39.0 Å². The first kappa shape index (κ1) is 19.4. The van der Waals surface area contributed by atoms with Gasteiger partial charge in [-0.1, -0.05) is 33.8 Å². The molecule has 2 aromatic heterocycles. The molecular weight excluding hydrogens is 474 g/mol. The van der Waals surface area contributed by atoms with E-state index in [0.717, 1.165) is 69.1 Å². The Bertz CT molecular complexity index is 987. The molecule has 2 aliphatic rings. The van der Waals surface area contributed by atoms with Gasteiger partial charge in [0.05, 0.1) is 17.5 Å². The Morgan fingerprint density at radius 3 is 2.79 bits per heavy atom. The van der Waals surface area contributed by atoms with Crippen LogP contribution < -0.4 is 9.47 Å². The van der Waals surface area contributed by atoms with Crippen LogP contribution in [0, 0.1) is 0 Å². The maximum Gasteiger partial charge on any atom is 0.191 e. The molecular formula is C20H20BrN3O3S2. The second-order valence-corrected chi connectivity index (χ2v) is 9.65. The zero-order valence-corrected chi connectivity index (χ0v) is 18.9. The lowest BCUT2D eigenvalue weighted by atomic mass is 10.2. The summed E-state index contributed by atoms with van der Waals surface area (Å²) in [5, 5.41) is 12.0. The number of nitrogens with zero attached hydrogens (tertiary/aromatic N) is 3. The number of aromatic nitrogens is 3. The minimum Gasteiger partial charge on any atom is -0.486 e. The molecule has 5 rings (SSSR count). The van der Waals surface area contributed by atoms with Gasteiger partial charge in [0.1, 0.15) is 13.2 Å². The summed E-state index contributed by atoms with van der Waals surface area (Å²) in [5.74, 6) is 3.26. The van der Waals surface area contributed by atoms with Gasteiger partial charge in [-0.25, -0.2) is 0 Å². The molecule has 29 heavy (non-hydrogen) atoms. The Balaban J connectivity index is 1.39. The number of benzene rings is 1. The zero-order chi connectivity index (χ0) is 19.6. The van der Waals surface area contributed by atoms with Gasteiger partial charge in [-0.3, -0.25) is 4.57 Å². The first-order chi connectivity index (χ1) is 14.3. The van der Waals surface area contributed by atoms with Crippen LogP contribution in [-0.2, 0) is 17.0 Å². The highest BCUT2D eigenvalue weighted by atomic mass is 79.9. The van der Waals surface area contributed by atoms with Crippen molar-refractivity contribution >= 4 is 39.0 Å². The van der Waals surface area contributed by atoms with E-state index in [2.05, 4.69) is 42.1 Å². The van der Waals surface area contributed by atoms with E-state index in [0.29, 0.717) is 13.2 Å². The molecule has 1 unspecified atom stereocenters. The van der Waals surface area contributed by atoms with Crippen molar-refractivity contribution in [3.63, 3.8) is 0 Å². The summed E-state index contributed by atoms with van der Waals surface area (Å²) in [7, 11) is 0. The van der Waals surface area contributed by atoms with Crippen molar-refractivity contribution in [3.05, 3.63) is 39.7 Å². The maximum absolute atomic E-state index is 5.88. The van der Waals surface area contributed by atoms with Crippen LogP contribution in [0.2, 0.25) is 0 Å². The third kappa shape index (κ3) is 4.19. The fraction of sp³-hybridized carbons (Fsp3) is 0.400. The Hall–Kier alpha value is -1.55. The van der Waals surface area contributed by atoms with E-state index in [1.807, 2.05) is 18.2 Å². The Morgan fingerprint density at radius 2 is 2.03 bits per heavy atom. The van der Waals surface area contributed by atoms with E-state index in [4.69, 9.17) is 14.2 Å². The fourth-order valence-corrected chi connectivity index (χ4v) is 5.80. The van der Waals surface area contributed by atoms with Gasteiger partial charge in [-0.2, -0.15) is 0 Å². The molecule has 0 bridgehead atoms. The van der Waals surface area contributed by atoms with Gasteiger partial charge in [-0.05, 0) is 42.0 Å². The molecule has 2 aliphatic heterocycles. The van der Waals surface area contributed by atoms with Gasteiger partial charge in [0, 0.05) is 16.8 Å². The number of ether oxygens (including phenoxy) is 3. The summed E-state index contributed by atoms with van der Waals surface area (Å²) in [5.41, 5.74) is 1.14. The monoisotopic (exact) mass is 493 g/mol. The Morgan fingerprint density at radius 1 is 1.17 bits per heavy atom. The molecule has 0 aliphatic carbocycles. The van der Waals surface area contributed by atoms with Crippen molar-refractivity contribution in [1.29, 1.82) is 0 Å². The van der Waals surface area contributed by atoms with Crippen molar-refractivity contribution in [2.45, 2.75) is 36.4 Å². The number of halogens is 1. The van der Waals surface area contributed by atoms with Crippen molar-refractivity contribution in [2.75, 3.05) is 19.8 Å². The average molecular weight is 494 g/mol. The van der Waals surface area contributed by atoms with E-state index in [-0.39, 0.29) is 6.10 Å². The molecule has 1 aromatic carbocycles. The highest BCUT2D eigenvalue weighted by molar-refractivity contribution is 9.10.